The Morgan fingerprint density at radius 3 is 2.58 bits per heavy atom. The highest BCUT2D eigenvalue weighted by molar-refractivity contribution is 5.87. The van der Waals surface area contributed by atoms with Gasteiger partial charge in [0.15, 0.2) is 0 Å². The Bertz CT molecular complexity index is 314. The van der Waals surface area contributed by atoms with E-state index < -0.39 is 17.4 Å². The van der Waals surface area contributed by atoms with Crippen LogP contribution in [0.4, 0.5) is 0 Å². The second kappa shape index (κ2) is 7.45. The maximum atomic E-state index is 12.2. The van der Waals surface area contributed by atoms with Crippen molar-refractivity contribution in [2.75, 3.05) is 26.8 Å². The third-order valence-corrected chi connectivity index (χ3v) is 3.70. The molecule has 0 saturated carbocycles. The molecule has 6 heteroatoms. The van der Waals surface area contributed by atoms with Crippen LogP contribution in [0.1, 0.15) is 32.6 Å². The Kier molecular flexibility index (Phi) is 6.24. The van der Waals surface area contributed by atoms with Gasteiger partial charge in [0.1, 0.15) is 6.04 Å². The summed E-state index contributed by atoms with van der Waals surface area (Å²) in [5, 5.41) is 15.0. The number of carboxylic acid groups (broad SMARTS) is 1. The SMILES string of the molecule is COCCCC(NC(=O)C1(C)CCNCC1)C(=O)O. The fourth-order valence-corrected chi connectivity index (χ4v) is 2.23. The van der Waals surface area contributed by atoms with E-state index >= 15 is 0 Å². The molecule has 110 valence electrons. The summed E-state index contributed by atoms with van der Waals surface area (Å²) in [6.07, 6.45) is 2.49. The summed E-state index contributed by atoms with van der Waals surface area (Å²) in [7, 11) is 1.57. The molecule has 1 aliphatic rings. The van der Waals surface area contributed by atoms with Crippen LogP contribution >= 0.6 is 0 Å². The molecule has 0 spiro atoms. The van der Waals surface area contributed by atoms with Crippen molar-refractivity contribution in [2.24, 2.45) is 5.41 Å². The van der Waals surface area contributed by atoms with Gasteiger partial charge in [-0.3, -0.25) is 4.79 Å². The highest BCUT2D eigenvalue weighted by Crippen LogP contribution is 2.28. The van der Waals surface area contributed by atoms with Gasteiger partial charge in [-0.25, -0.2) is 4.79 Å². The van der Waals surface area contributed by atoms with Crippen molar-refractivity contribution in [3.05, 3.63) is 0 Å². The second-order valence-corrected chi connectivity index (χ2v) is 5.31. The minimum atomic E-state index is -0.984. The van der Waals surface area contributed by atoms with Crippen LogP contribution in [-0.4, -0.2) is 49.8 Å². The van der Waals surface area contributed by atoms with Gasteiger partial charge in [0.2, 0.25) is 5.91 Å². The Balaban J connectivity index is 2.52. The van der Waals surface area contributed by atoms with Gasteiger partial charge in [-0.2, -0.15) is 0 Å². The lowest BCUT2D eigenvalue weighted by molar-refractivity contribution is -0.144. The Morgan fingerprint density at radius 2 is 2.05 bits per heavy atom. The summed E-state index contributed by atoms with van der Waals surface area (Å²) in [6, 6.07) is -0.825. The van der Waals surface area contributed by atoms with E-state index in [4.69, 9.17) is 9.84 Å². The highest BCUT2D eigenvalue weighted by atomic mass is 16.5. The maximum Gasteiger partial charge on any atom is 0.326 e. The number of piperidine rings is 1. The van der Waals surface area contributed by atoms with Gasteiger partial charge < -0.3 is 20.5 Å². The molecule has 3 N–H and O–H groups in total. The van der Waals surface area contributed by atoms with Crippen LogP contribution in [0.2, 0.25) is 0 Å². The molecule has 0 bridgehead atoms. The summed E-state index contributed by atoms with van der Waals surface area (Å²) in [5.41, 5.74) is -0.458. The number of carbonyl (C=O) groups excluding carboxylic acids is 1. The van der Waals surface area contributed by atoms with Gasteiger partial charge in [-0.1, -0.05) is 6.92 Å². The van der Waals surface area contributed by atoms with Crippen molar-refractivity contribution < 1.29 is 19.4 Å². The Morgan fingerprint density at radius 1 is 1.42 bits per heavy atom. The van der Waals surface area contributed by atoms with Crippen molar-refractivity contribution in [1.29, 1.82) is 0 Å². The first-order chi connectivity index (χ1) is 8.99. The third-order valence-electron chi connectivity index (χ3n) is 3.70. The molecule has 0 aromatic heterocycles. The van der Waals surface area contributed by atoms with Gasteiger partial charge in [-0.15, -0.1) is 0 Å². The van der Waals surface area contributed by atoms with E-state index in [1.165, 1.54) is 0 Å². The Labute approximate surface area is 113 Å². The molecule has 0 aromatic carbocycles. The number of nitrogens with one attached hydrogen (secondary N) is 2. The van der Waals surface area contributed by atoms with Crippen LogP contribution in [0.25, 0.3) is 0 Å². The molecule has 1 unspecified atom stereocenters. The lowest BCUT2D eigenvalue weighted by Gasteiger charge is -2.33. The van der Waals surface area contributed by atoms with Crippen LogP contribution < -0.4 is 10.6 Å². The number of amides is 1. The quantitative estimate of drug-likeness (QED) is 0.583. The average Bonchev–Trinajstić information content (AvgIpc) is 2.38. The largest absolute Gasteiger partial charge is 0.480 e. The van der Waals surface area contributed by atoms with Crippen LogP contribution in [0.5, 0.6) is 0 Å². The molecule has 1 rings (SSSR count). The first-order valence-corrected chi connectivity index (χ1v) is 6.73. The van der Waals surface area contributed by atoms with Crippen molar-refractivity contribution >= 4 is 11.9 Å². The number of ether oxygens (including phenoxy) is 1. The molecule has 1 aliphatic heterocycles. The molecular formula is C13H24N2O4. The van der Waals surface area contributed by atoms with E-state index in [-0.39, 0.29) is 5.91 Å². The van der Waals surface area contributed by atoms with Gasteiger partial charge in [0.25, 0.3) is 0 Å². The molecular weight excluding hydrogens is 248 g/mol. The minimum Gasteiger partial charge on any atom is -0.480 e. The lowest BCUT2D eigenvalue weighted by Crippen LogP contribution is -2.50. The molecule has 1 saturated heterocycles. The number of hydrogen-bond donors (Lipinski definition) is 3. The highest BCUT2D eigenvalue weighted by Gasteiger charge is 2.36. The zero-order valence-electron chi connectivity index (χ0n) is 11.7. The number of hydrogen-bond acceptors (Lipinski definition) is 4. The monoisotopic (exact) mass is 272 g/mol. The van der Waals surface area contributed by atoms with Crippen LogP contribution in [-0.2, 0) is 14.3 Å². The molecule has 0 aliphatic carbocycles. The standard InChI is InChI=1S/C13H24N2O4/c1-13(5-7-14-8-6-13)12(18)15-10(11(16)17)4-3-9-19-2/h10,14H,3-9H2,1-2H3,(H,15,18)(H,16,17). The van der Waals surface area contributed by atoms with Crippen molar-refractivity contribution in [2.45, 2.75) is 38.6 Å². The fourth-order valence-electron chi connectivity index (χ4n) is 2.23. The van der Waals surface area contributed by atoms with Crippen LogP contribution in [0, 0.1) is 5.41 Å². The lowest BCUT2D eigenvalue weighted by atomic mass is 9.80. The maximum absolute atomic E-state index is 12.2. The van der Waals surface area contributed by atoms with E-state index in [1.807, 2.05) is 6.92 Å². The normalized spacial score (nSPS) is 19.7. The van der Waals surface area contributed by atoms with Crippen molar-refractivity contribution in [3.8, 4) is 0 Å². The van der Waals surface area contributed by atoms with Gasteiger partial charge in [0.05, 0.1) is 0 Å². The zero-order chi connectivity index (χ0) is 14.3. The number of carbonyl (C=O) groups is 2. The van der Waals surface area contributed by atoms with E-state index in [9.17, 15) is 9.59 Å². The molecule has 1 amide bonds. The predicted molar refractivity (Wildman–Crippen MR) is 70.9 cm³/mol. The zero-order valence-corrected chi connectivity index (χ0v) is 11.7. The molecule has 0 aromatic rings. The topological polar surface area (TPSA) is 87.7 Å². The summed E-state index contributed by atoms with van der Waals surface area (Å²) in [6.45, 7) is 3.99. The number of aliphatic carboxylic acids is 1. The predicted octanol–water partition coefficient (Wildman–Crippen LogP) is 0.372. The van der Waals surface area contributed by atoms with Gasteiger partial charge >= 0.3 is 5.97 Å². The average molecular weight is 272 g/mol. The summed E-state index contributed by atoms with van der Waals surface area (Å²) >= 11 is 0. The smallest absolute Gasteiger partial charge is 0.326 e. The van der Waals surface area contributed by atoms with E-state index in [1.54, 1.807) is 7.11 Å². The molecule has 6 nitrogen and oxygen atoms in total. The summed E-state index contributed by atoms with van der Waals surface area (Å²) < 4.78 is 4.90. The first-order valence-electron chi connectivity index (χ1n) is 6.73. The number of carboxylic acids is 1. The summed E-state index contributed by atoms with van der Waals surface area (Å²) in [4.78, 5) is 23.4. The molecule has 0 radical (unpaired) electrons. The van der Waals surface area contributed by atoms with Crippen molar-refractivity contribution in [3.63, 3.8) is 0 Å². The van der Waals surface area contributed by atoms with E-state index in [2.05, 4.69) is 10.6 Å². The Hall–Kier alpha value is -1.14. The third kappa shape index (κ3) is 4.80. The van der Waals surface area contributed by atoms with Crippen LogP contribution in [0.3, 0.4) is 0 Å². The molecule has 19 heavy (non-hydrogen) atoms. The van der Waals surface area contributed by atoms with E-state index in [0.717, 1.165) is 25.9 Å². The first kappa shape index (κ1) is 15.9. The van der Waals surface area contributed by atoms with Gasteiger partial charge in [0, 0.05) is 19.1 Å². The van der Waals surface area contributed by atoms with Crippen LogP contribution in [0.15, 0.2) is 0 Å². The van der Waals surface area contributed by atoms with E-state index in [0.29, 0.717) is 19.4 Å². The van der Waals surface area contributed by atoms with Gasteiger partial charge in [-0.05, 0) is 38.8 Å². The van der Waals surface area contributed by atoms with Crippen molar-refractivity contribution in [1.82, 2.24) is 10.6 Å². The second-order valence-electron chi connectivity index (χ2n) is 5.31. The molecule has 1 atom stereocenters. The molecule has 1 heterocycles. The number of methoxy groups -OCH3 is 1. The minimum absolute atomic E-state index is 0.154. The molecule has 1 fully saturated rings. The fraction of sp³-hybridized carbons (Fsp3) is 0.846. The summed E-state index contributed by atoms with van der Waals surface area (Å²) in [5.74, 6) is -1.14. The number of rotatable bonds is 7.